The van der Waals surface area contributed by atoms with Crippen molar-refractivity contribution in [3.8, 4) is 0 Å². The number of halogens is 2. The summed E-state index contributed by atoms with van der Waals surface area (Å²) in [5, 5.41) is 2.66. The van der Waals surface area contributed by atoms with Crippen LogP contribution in [-0.2, 0) is 0 Å². The lowest BCUT2D eigenvalue weighted by atomic mass is 10.3. The summed E-state index contributed by atoms with van der Waals surface area (Å²) in [7, 11) is 0. The summed E-state index contributed by atoms with van der Waals surface area (Å²) in [5.74, 6) is -1.23. The summed E-state index contributed by atoms with van der Waals surface area (Å²) in [5.41, 5.74) is 5.99. The Kier molecular flexibility index (Phi) is 3.42. The van der Waals surface area contributed by atoms with Gasteiger partial charge in [0, 0.05) is 18.0 Å². The minimum Gasteiger partial charge on any atom is -0.388 e. The van der Waals surface area contributed by atoms with Gasteiger partial charge in [-0.1, -0.05) is 12.2 Å². The molecule has 92 valence electrons. The highest BCUT2D eigenvalue weighted by molar-refractivity contribution is 7.80. The molecule has 2 aromatic rings. The van der Waals surface area contributed by atoms with Gasteiger partial charge in [0.15, 0.2) is 0 Å². The van der Waals surface area contributed by atoms with E-state index in [1.165, 1.54) is 6.20 Å². The van der Waals surface area contributed by atoms with Crippen molar-refractivity contribution < 1.29 is 8.78 Å². The fraction of sp³-hybridized carbons (Fsp3) is 0. The number of nitrogens with two attached hydrogens (primary N) is 1. The molecule has 0 aliphatic heterocycles. The van der Waals surface area contributed by atoms with E-state index in [-0.39, 0.29) is 16.6 Å². The maximum atomic E-state index is 13.0. The van der Waals surface area contributed by atoms with Crippen molar-refractivity contribution in [3.63, 3.8) is 0 Å². The average Bonchev–Trinajstić information content (AvgIpc) is 2.27. The molecule has 4 nitrogen and oxygen atoms in total. The number of hydrogen-bond donors (Lipinski definition) is 2. The first-order valence-electron chi connectivity index (χ1n) is 4.90. The molecule has 0 aliphatic carbocycles. The lowest BCUT2D eigenvalue weighted by Crippen LogP contribution is -2.12. The third-order valence-corrected chi connectivity index (χ3v) is 2.24. The zero-order chi connectivity index (χ0) is 13.1. The van der Waals surface area contributed by atoms with Gasteiger partial charge in [0.05, 0.1) is 0 Å². The second-order valence-electron chi connectivity index (χ2n) is 3.41. The summed E-state index contributed by atoms with van der Waals surface area (Å²) in [6.45, 7) is 0. The van der Waals surface area contributed by atoms with Crippen LogP contribution in [0.3, 0.4) is 0 Å². The zero-order valence-electron chi connectivity index (χ0n) is 9.02. The highest BCUT2D eigenvalue weighted by Gasteiger charge is 2.04. The summed E-state index contributed by atoms with van der Waals surface area (Å²) in [4.78, 5) is 8.00. The molecule has 0 saturated heterocycles. The number of thiocarbonyl (C=S) groups is 1. The van der Waals surface area contributed by atoms with Crippen LogP contribution in [0.15, 0.2) is 30.5 Å². The van der Waals surface area contributed by atoms with Crippen molar-refractivity contribution in [1.29, 1.82) is 0 Å². The van der Waals surface area contributed by atoms with Gasteiger partial charge in [-0.2, -0.15) is 0 Å². The predicted octanol–water partition coefficient (Wildman–Crippen LogP) is 2.13. The van der Waals surface area contributed by atoms with E-state index in [0.29, 0.717) is 5.69 Å². The fourth-order valence-electron chi connectivity index (χ4n) is 1.31. The molecule has 0 atom stereocenters. The first kappa shape index (κ1) is 12.3. The highest BCUT2D eigenvalue weighted by Crippen LogP contribution is 2.16. The van der Waals surface area contributed by atoms with E-state index in [4.69, 9.17) is 18.0 Å². The third kappa shape index (κ3) is 2.95. The van der Waals surface area contributed by atoms with E-state index in [0.717, 1.165) is 18.2 Å². The molecule has 0 fully saturated rings. The van der Waals surface area contributed by atoms with Crippen molar-refractivity contribution in [2.24, 2.45) is 5.73 Å². The third-order valence-electron chi connectivity index (χ3n) is 2.03. The molecule has 0 radical (unpaired) electrons. The molecule has 0 amide bonds. The van der Waals surface area contributed by atoms with Crippen molar-refractivity contribution in [3.05, 3.63) is 47.8 Å². The molecule has 3 N–H and O–H groups in total. The molecular formula is C11H8F2N4S. The second kappa shape index (κ2) is 5.01. The molecule has 1 heterocycles. The maximum Gasteiger partial charge on any atom is 0.227 e. The van der Waals surface area contributed by atoms with Gasteiger partial charge in [-0.15, -0.1) is 0 Å². The van der Waals surface area contributed by atoms with E-state index in [1.54, 1.807) is 6.07 Å². The van der Waals surface area contributed by atoms with Gasteiger partial charge in [0.25, 0.3) is 0 Å². The van der Waals surface area contributed by atoms with Crippen molar-refractivity contribution in [1.82, 2.24) is 9.97 Å². The van der Waals surface area contributed by atoms with Crippen LogP contribution < -0.4 is 11.1 Å². The lowest BCUT2D eigenvalue weighted by Gasteiger charge is -2.06. The van der Waals surface area contributed by atoms with Crippen molar-refractivity contribution in [2.45, 2.75) is 0 Å². The molecule has 0 spiro atoms. The quantitative estimate of drug-likeness (QED) is 0.833. The van der Waals surface area contributed by atoms with Crippen LogP contribution >= 0.6 is 12.2 Å². The topological polar surface area (TPSA) is 63.8 Å². The average molecular weight is 266 g/mol. The summed E-state index contributed by atoms with van der Waals surface area (Å²) >= 11 is 4.77. The Morgan fingerprint density at radius 3 is 2.50 bits per heavy atom. The number of benzene rings is 1. The van der Waals surface area contributed by atoms with Gasteiger partial charge in [-0.05, 0) is 18.2 Å². The Hall–Kier alpha value is -2.15. The molecule has 1 aromatic carbocycles. The molecule has 0 saturated carbocycles. The largest absolute Gasteiger partial charge is 0.388 e. The van der Waals surface area contributed by atoms with Gasteiger partial charge >= 0.3 is 0 Å². The van der Waals surface area contributed by atoms with Crippen LogP contribution in [0.5, 0.6) is 0 Å². The SMILES string of the molecule is NC(=S)c1ccnc(Nc2cc(F)cc(F)c2)n1. The summed E-state index contributed by atoms with van der Waals surface area (Å²) in [6, 6.07) is 4.57. The van der Waals surface area contributed by atoms with Crippen LogP contribution in [0, 0.1) is 11.6 Å². The predicted molar refractivity (Wildman–Crippen MR) is 67.6 cm³/mol. The minimum atomic E-state index is -0.692. The van der Waals surface area contributed by atoms with Crippen molar-refractivity contribution >= 4 is 28.8 Å². The second-order valence-corrected chi connectivity index (χ2v) is 3.85. The first-order chi connectivity index (χ1) is 8.54. The van der Waals surface area contributed by atoms with Crippen molar-refractivity contribution in [2.75, 3.05) is 5.32 Å². The van der Waals surface area contributed by atoms with E-state index < -0.39 is 11.6 Å². The Morgan fingerprint density at radius 2 is 1.89 bits per heavy atom. The molecule has 7 heteroatoms. The lowest BCUT2D eigenvalue weighted by molar-refractivity contribution is 0.584. The van der Waals surface area contributed by atoms with Crippen LogP contribution in [0.25, 0.3) is 0 Å². The van der Waals surface area contributed by atoms with Gasteiger partial charge < -0.3 is 11.1 Å². The van der Waals surface area contributed by atoms with Crippen LogP contribution in [-0.4, -0.2) is 15.0 Å². The molecule has 0 bridgehead atoms. The molecular weight excluding hydrogens is 258 g/mol. The maximum absolute atomic E-state index is 13.0. The van der Waals surface area contributed by atoms with E-state index in [9.17, 15) is 8.78 Å². The summed E-state index contributed by atoms with van der Waals surface area (Å²) < 4.78 is 26.0. The van der Waals surface area contributed by atoms with Crippen LogP contribution in [0.4, 0.5) is 20.4 Å². The first-order valence-corrected chi connectivity index (χ1v) is 5.31. The molecule has 0 aliphatic rings. The molecule has 2 rings (SSSR count). The monoisotopic (exact) mass is 266 g/mol. The smallest absolute Gasteiger partial charge is 0.227 e. The van der Waals surface area contributed by atoms with Crippen LogP contribution in [0.2, 0.25) is 0 Å². The molecule has 1 aromatic heterocycles. The number of rotatable bonds is 3. The fourth-order valence-corrected chi connectivity index (χ4v) is 1.42. The van der Waals surface area contributed by atoms with Gasteiger partial charge in [0.1, 0.15) is 22.3 Å². The highest BCUT2D eigenvalue weighted by atomic mass is 32.1. The Balaban J connectivity index is 2.28. The standard InChI is InChI=1S/C11H8F2N4S/c12-6-3-7(13)5-8(4-6)16-11-15-2-1-9(17-11)10(14)18/h1-5H,(H2,14,18)(H,15,16,17). The summed E-state index contributed by atoms with van der Waals surface area (Å²) in [6.07, 6.45) is 1.44. The minimum absolute atomic E-state index is 0.117. The Bertz CT molecular complexity index is 583. The van der Waals surface area contributed by atoms with Gasteiger partial charge in [0.2, 0.25) is 5.95 Å². The van der Waals surface area contributed by atoms with Gasteiger partial charge in [-0.25, -0.2) is 18.7 Å². The van der Waals surface area contributed by atoms with Gasteiger partial charge in [-0.3, -0.25) is 0 Å². The Morgan fingerprint density at radius 1 is 1.22 bits per heavy atom. The number of aromatic nitrogens is 2. The number of hydrogen-bond acceptors (Lipinski definition) is 4. The van der Waals surface area contributed by atoms with E-state index in [1.807, 2.05) is 0 Å². The zero-order valence-corrected chi connectivity index (χ0v) is 9.84. The number of anilines is 2. The molecule has 18 heavy (non-hydrogen) atoms. The number of nitrogens with one attached hydrogen (secondary N) is 1. The van der Waals surface area contributed by atoms with Crippen LogP contribution in [0.1, 0.15) is 5.69 Å². The Labute approximate surface area is 107 Å². The van der Waals surface area contributed by atoms with E-state index in [2.05, 4.69) is 15.3 Å². The van der Waals surface area contributed by atoms with E-state index >= 15 is 0 Å². The molecule has 0 unspecified atom stereocenters. The number of nitrogens with zero attached hydrogens (tertiary/aromatic N) is 2. The normalized spacial score (nSPS) is 10.1.